The molecule has 0 radical (unpaired) electrons. The maximum atomic E-state index is 13.1. The lowest BCUT2D eigenvalue weighted by molar-refractivity contribution is -0.384. The topological polar surface area (TPSA) is 64.4 Å². The van der Waals surface area contributed by atoms with E-state index in [2.05, 4.69) is 5.32 Å². The molecule has 1 atom stereocenters. The molecule has 1 aromatic rings. The summed E-state index contributed by atoms with van der Waals surface area (Å²) in [5, 5.41) is 13.7. The fourth-order valence-electron chi connectivity index (χ4n) is 2.00. The molecule has 5 nitrogen and oxygen atoms in total. The van der Waals surface area contributed by atoms with Crippen molar-refractivity contribution in [3.8, 4) is 0 Å². The largest absolute Gasteiger partial charge is 0.377 e. The van der Waals surface area contributed by atoms with Crippen LogP contribution >= 0.6 is 0 Å². The minimum atomic E-state index is -0.524. The molecule has 18 heavy (non-hydrogen) atoms. The molecular weight excluding hydrogens is 239 g/mol. The van der Waals surface area contributed by atoms with Crippen LogP contribution in [0.2, 0.25) is 0 Å². The van der Waals surface area contributed by atoms with Crippen LogP contribution in [0.15, 0.2) is 18.2 Å². The normalized spacial score (nSPS) is 19.5. The van der Waals surface area contributed by atoms with Gasteiger partial charge in [-0.1, -0.05) is 0 Å². The van der Waals surface area contributed by atoms with Gasteiger partial charge in [0, 0.05) is 25.3 Å². The van der Waals surface area contributed by atoms with Gasteiger partial charge in [-0.15, -0.1) is 0 Å². The highest BCUT2D eigenvalue weighted by molar-refractivity contribution is 5.61. The number of nitro groups is 1. The van der Waals surface area contributed by atoms with Crippen molar-refractivity contribution in [2.45, 2.75) is 25.4 Å². The highest BCUT2D eigenvalue weighted by atomic mass is 19.1. The highest BCUT2D eigenvalue weighted by Crippen LogP contribution is 2.25. The number of hydrogen-bond donors (Lipinski definition) is 1. The molecule has 2 rings (SSSR count). The number of benzene rings is 1. The standard InChI is InChI=1S/C12H15FN2O3/c13-9-4-5-12(15(16)17)11(7-9)14-8-10-3-1-2-6-18-10/h4-5,7,10,14H,1-3,6,8H2. The van der Waals surface area contributed by atoms with Gasteiger partial charge in [0.25, 0.3) is 5.69 Å². The quantitative estimate of drug-likeness (QED) is 0.662. The van der Waals surface area contributed by atoms with Gasteiger partial charge >= 0.3 is 0 Å². The Kier molecular flexibility index (Phi) is 4.09. The van der Waals surface area contributed by atoms with E-state index in [9.17, 15) is 14.5 Å². The SMILES string of the molecule is O=[N+]([O-])c1ccc(F)cc1NCC1CCCCO1. The van der Waals surface area contributed by atoms with Crippen molar-refractivity contribution >= 4 is 11.4 Å². The second kappa shape index (κ2) is 5.77. The van der Waals surface area contributed by atoms with Crippen molar-refractivity contribution in [2.75, 3.05) is 18.5 Å². The molecule has 1 heterocycles. The van der Waals surface area contributed by atoms with Crippen molar-refractivity contribution in [3.05, 3.63) is 34.1 Å². The van der Waals surface area contributed by atoms with Crippen LogP contribution in [0, 0.1) is 15.9 Å². The van der Waals surface area contributed by atoms with Crippen LogP contribution in [0.1, 0.15) is 19.3 Å². The first-order chi connectivity index (χ1) is 8.66. The van der Waals surface area contributed by atoms with Gasteiger partial charge in [-0.3, -0.25) is 10.1 Å². The van der Waals surface area contributed by atoms with E-state index in [1.54, 1.807) is 0 Å². The van der Waals surface area contributed by atoms with Gasteiger partial charge in [0.15, 0.2) is 0 Å². The molecule has 98 valence electrons. The van der Waals surface area contributed by atoms with Crippen LogP contribution in [0.3, 0.4) is 0 Å². The van der Waals surface area contributed by atoms with Crippen LogP contribution in [0.5, 0.6) is 0 Å². The number of anilines is 1. The fourth-order valence-corrected chi connectivity index (χ4v) is 2.00. The van der Waals surface area contributed by atoms with Crippen molar-refractivity contribution in [2.24, 2.45) is 0 Å². The van der Waals surface area contributed by atoms with E-state index in [0.717, 1.165) is 38.0 Å². The zero-order valence-electron chi connectivity index (χ0n) is 9.89. The summed E-state index contributed by atoms with van der Waals surface area (Å²) in [5.74, 6) is -0.493. The molecule has 1 fully saturated rings. The van der Waals surface area contributed by atoms with Gasteiger partial charge in [-0.05, 0) is 25.3 Å². The molecule has 0 spiro atoms. The minimum Gasteiger partial charge on any atom is -0.377 e. The summed E-state index contributed by atoms with van der Waals surface area (Å²) >= 11 is 0. The summed E-state index contributed by atoms with van der Waals surface area (Å²) in [4.78, 5) is 10.3. The highest BCUT2D eigenvalue weighted by Gasteiger charge is 2.17. The lowest BCUT2D eigenvalue weighted by Crippen LogP contribution is -2.27. The van der Waals surface area contributed by atoms with Gasteiger partial charge < -0.3 is 10.1 Å². The van der Waals surface area contributed by atoms with Gasteiger partial charge in [0.05, 0.1) is 11.0 Å². The van der Waals surface area contributed by atoms with E-state index in [-0.39, 0.29) is 17.5 Å². The van der Waals surface area contributed by atoms with Crippen molar-refractivity contribution in [1.82, 2.24) is 0 Å². The molecule has 1 aliphatic heterocycles. The fraction of sp³-hybridized carbons (Fsp3) is 0.500. The minimum absolute atomic E-state index is 0.0432. The Balaban J connectivity index is 2.03. The summed E-state index contributed by atoms with van der Waals surface area (Å²) in [6.07, 6.45) is 3.12. The van der Waals surface area contributed by atoms with E-state index < -0.39 is 10.7 Å². The van der Waals surface area contributed by atoms with Crippen LogP contribution in [0.4, 0.5) is 15.8 Å². The molecule has 0 saturated carbocycles. The third-order valence-electron chi connectivity index (χ3n) is 2.95. The first-order valence-corrected chi connectivity index (χ1v) is 5.96. The summed E-state index contributed by atoms with van der Waals surface area (Å²) in [6, 6.07) is 3.39. The zero-order valence-corrected chi connectivity index (χ0v) is 9.89. The Morgan fingerprint density at radius 1 is 1.50 bits per heavy atom. The predicted octanol–water partition coefficient (Wildman–Crippen LogP) is 2.71. The lowest BCUT2D eigenvalue weighted by Gasteiger charge is -2.23. The maximum Gasteiger partial charge on any atom is 0.292 e. The molecule has 0 aromatic heterocycles. The third kappa shape index (κ3) is 3.16. The molecule has 0 aliphatic carbocycles. The first kappa shape index (κ1) is 12.8. The Labute approximate surface area is 104 Å². The second-order valence-electron chi connectivity index (χ2n) is 4.29. The van der Waals surface area contributed by atoms with Crippen molar-refractivity contribution in [3.63, 3.8) is 0 Å². The molecule has 6 heteroatoms. The van der Waals surface area contributed by atoms with E-state index in [1.165, 1.54) is 6.07 Å². The van der Waals surface area contributed by atoms with Crippen molar-refractivity contribution < 1.29 is 14.1 Å². The summed E-state index contributed by atoms with van der Waals surface area (Å²) < 4.78 is 18.6. The van der Waals surface area contributed by atoms with E-state index in [0.29, 0.717) is 6.54 Å². The van der Waals surface area contributed by atoms with E-state index in [1.807, 2.05) is 0 Å². The van der Waals surface area contributed by atoms with Gasteiger partial charge in [-0.2, -0.15) is 0 Å². The average molecular weight is 254 g/mol. The third-order valence-corrected chi connectivity index (χ3v) is 2.95. The number of hydrogen-bond acceptors (Lipinski definition) is 4. The first-order valence-electron chi connectivity index (χ1n) is 5.96. The number of ether oxygens (including phenoxy) is 1. The number of nitrogens with zero attached hydrogens (tertiary/aromatic N) is 1. The Morgan fingerprint density at radius 3 is 3.00 bits per heavy atom. The molecule has 0 bridgehead atoms. The predicted molar refractivity (Wildman–Crippen MR) is 65.1 cm³/mol. The maximum absolute atomic E-state index is 13.1. The molecule has 1 N–H and O–H groups in total. The molecule has 1 aliphatic rings. The molecule has 1 aromatic carbocycles. The second-order valence-corrected chi connectivity index (χ2v) is 4.29. The number of halogens is 1. The summed E-state index contributed by atoms with van der Waals surface area (Å²) in [5.41, 5.74) is 0.0846. The van der Waals surface area contributed by atoms with Crippen molar-refractivity contribution in [1.29, 1.82) is 0 Å². The van der Waals surface area contributed by atoms with Crippen LogP contribution in [-0.4, -0.2) is 24.2 Å². The lowest BCUT2D eigenvalue weighted by atomic mass is 10.1. The molecule has 0 amide bonds. The molecule has 1 unspecified atom stereocenters. The summed E-state index contributed by atoms with van der Waals surface area (Å²) in [6.45, 7) is 1.18. The van der Waals surface area contributed by atoms with Gasteiger partial charge in [-0.25, -0.2) is 4.39 Å². The van der Waals surface area contributed by atoms with Crippen LogP contribution in [-0.2, 0) is 4.74 Å². The van der Waals surface area contributed by atoms with Crippen LogP contribution in [0.25, 0.3) is 0 Å². The number of rotatable bonds is 4. The summed E-state index contributed by atoms with van der Waals surface area (Å²) in [7, 11) is 0. The Morgan fingerprint density at radius 2 is 2.33 bits per heavy atom. The molecular formula is C12H15FN2O3. The average Bonchev–Trinajstić information content (AvgIpc) is 2.37. The van der Waals surface area contributed by atoms with Crippen LogP contribution < -0.4 is 5.32 Å². The number of nitro benzene ring substituents is 1. The van der Waals surface area contributed by atoms with Gasteiger partial charge in [0.1, 0.15) is 11.5 Å². The number of nitrogens with one attached hydrogen (secondary N) is 1. The zero-order chi connectivity index (χ0) is 13.0. The smallest absolute Gasteiger partial charge is 0.292 e. The Hall–Kier alpha value is -1.69. The van der Waals surface area contributed by atoms with E-state index >= 15 is 0 Å². The van der Waals surface area contributed by atoms with E-state index in [4.69, 9.17) is 4.74 Å². The molecule has 1 saturated heterocycles. The Bertz CT molecular complexity index is 433. The van der Waals surface area contributed by atoms with Gasteiger partial charge in [0.2, 0.25) is 0 Å². The monoisotopic (exact) mass is 254 g/mol.